The molecule has 3 aliphatic rings. The Kier molecular flexibility index (Phi) is 9.39. The van der Waals surface area contributed by atoms with Crippen LogP contribution in [0.4, 0.5) is 9.59 Å². The van der Waals surface area contributed by atoms with Gasteiger partial charge in [-0.05, 0) is 44.1 Å². The Labute approximate surface area is 227 Å². The zero-order valence-corrected chi connectivity index (χ0v) is 24.0. The first kappa shape index (κ1) is 30.2. The number of hydrogen-bond acceptors (Lipinski definition) is 6. The summed E-state index contributed by atoms with van der Waals surface area (Å²) in [4.78, 5) is 27.2. The van der Waals surface area contributed by atoms with Crippen molar-refractivity contribution in [3.05, 3.63) is 29.8 Å². The zero-order chi connectivity index (χ0) is 28.3. The maximum atomic E-state index is 11.6. The molecule has 0 spiro atoms. The van der Waals surface area contributed by atoms with E-state index in [-0.39, 0.29) is 29.8 Å². The van der Waals surface area contributed by atoms with E-state index >= 15 is 0 Å². The summed E-state index contributed by atoms with van der Waals surface area (Å²) in [6.07, 6.45) is -1.63. The second-order valence-electron chi connectivity index (χ2n) is 12.4. The molecule has 38 heavy (non-hydrogen) atoms. The number of amides is 2. The molecular formula is C27H45BN4O6. The SMILES string of the molecule is CC(C)(C)C1CN(Cc2ccc(B3OC(C)(C)C(C)(C)O3)cc2)CCN1C(=O)O.O=C(O)N1CCNCC1. The molecule has 0 aliphatic carbocycles. The van der Waals surface area contributed by atoms with E-state index in [4.69, 9.17) is 14.4 Å². The maximum absolute atomic E-state index is 11.6. The average Bonchev–Trinajstić information content (AvgIpc) is 3.06. The number of rotatable bonds is 3. The summed E-state index contributed by atoms with van der Waals surface area (Å²) < 4.78 is 12.3. The van der Waals surface area contributed by atoms with Crippen molar-refractivity contribution < 1.29 is 29.1 Å². The number of nitrogens with zero attached hydrogens (tertiary/aromatic N) is 3. The van der Waals surface area contributed by atoms with Gasteiger partial charge in [-0.2, -0.15) is 0 Å². The van der Waals surface area contributed by atoms with Gasteiger partial charge in [-0.15, -0.1) is 0 Å². The minimum absolute atomic E-state index is 0.0159. The van der Waals surface area contributed by atoms with Crippen LogP contribution in [0.3, 0.4) is 0 Å². The molecule has 11 heteroatoms. The van der Waals surface area contributed by atoms with E-state index in [1.807, 2.05) is 0 Å². The van der Waals surface area contributed by atoms with Crippen molar-refractivity contribution in [3.63, 3.8) is 0 Å². The molecule has 10 nitrogen and oxygen atoms in total. The van der Waals surface area contributed by atoms with Crippen LogP contribution in [0, 0.1) is 5.41 Å². The van der Waals surface area contributed by atoms with E-state index in [1.54, 1.807) is 4.90 Å². The van der Waals surface area contributed by atoms with E-state index in [2.05, 4.69) is 82.9 Å². The average molecular weight is 532 g/mol. The largest absolute Gasteiger partial charge is 0.494 e. The van der Waals surface area contributed by atoms with Crippen LogP contribution in [0.1, 0.15) is 54.0 Å². The molecule has 0 saturated carbocycles. The third-order valence-electron chi connectivity index (χ3n) is 8.01. The monoisotopic (exact) mass is 532 g/mol. The lowest BCUT2D eigenvalue weighted by molar-refractivity contribution is 0.00578. The van der Waals surface area contributed by atoms with Gasteiger partial charge in [0.15, 0.2) is 0 Å². The Bertz CT molecular complexity index is 943. The van der Waals surface area contributed by atoms with Gasteiger partial charge in [0.1, 0.15) is 0 Å². The Morgan fingerprint density at radius 3 is 1.95 bits per heavy atom. The summed E-state index contributed by atoms with van der Waals surface area (Å²) in [5, 5.41) is 21.0. The normalized spacial score (nSPS) is 23.6. The predicted octanol–water partition coefficient (Wildman–Crippen LogP) is 2.77. The fourth-order valence-electron chi connectivity index (χ4n) is 4.83. The van der Waals surface area contributed by atoms with Crippen LogP contribution in [0.25, 0.3) is 0 Å². The number of benzene rings is 1. The molecule has 3 saturated heterocycles. The van der Waals surface area contributed by atoms with Gasteiger partial charge in [0, 0.05) is 52.4 Å². The molecule has 212 valence electrons. The molecule has 0 radical (unpaired) electrons. The molecule has 1 aromatic rings. The van der Waals surface area contributed by atoms with Gasteiger partial charge in [-0.25, -0.2) is 9.59 Å². The molecule has 3 aliphatic heterocycles. The lowest BCUT2D eigenvalue weighted by Crippen LogP contribution is -2.59. The highest BCUT2D eigenvalue weighted by molar-refractivity contribution is 6.62. The molecule has 3 N–H and O–H groups in total. The predicted molar refractivity (Wildman–Crippen MR) is 148 cm³/mol. The van der Waals surface area contributed by atoms with Gasteiger partial charge >= 0.3 is 19.3 Å². The van der Waals surface area contributed by atoms with Crippen molar-refractivity contribution in [1.29, 1.82) is 0 Å². The molecule has 1 atom stereocenters. The molecule has 1 unspecified atom stereocenters. The van der Waals surface area contributed by atoms with Crippen LogP contribution in [0.5, 0.6) is 0 Å². The highest BCUT2D eigenvalue weighted by atomic mass is 16.7. The summed E-state index contributed by atoms with van der Waals surface area (Å²) >= 11 is 0. The number of carboxylic acid groups (broad SMARTS) is 2. The second-order valence-corrected chi connectivity index (χ2v) is 12.4. The number of hydrogen-bond donors (Lipinski definition) is 3. The van der Waals surface area contributed by atoms with E-state index in [9.17, 15) is 14.7 Å². The number of piperazine rings is 2. The standard InChI is InChI=1S/C22H35BN2O4.C5H10N2O2/c1-20(2,3)18-15-24(12-13-25(18)19(26)27)14-16-8-10-17(11-9-16)23-28-21(4,5)22(6,7)29-23;8-5(9)7-3-1-6-2-4-7/h8-11,18H,12-15H2,1-7H3,(H,26,27);6H,1-4H2,(H,8,9). The third kappa shape index (κ3) is 7.40. The smallest absolute Gasteiger partial charge is 0.465 e. The van der Waals surface area contributed by atoms with E-state index in [0.29, 0.717) is 19.6 Å². The molecule has 4 rings (SSSR count). The Hall–Kier alpha value is -2.34. The van der Waals surface area contributed by atoms with Crippen LogP contribution >= 0.6 is 0 Å². The van der Waals surface area contributed by atoms with Gasteiger partial charge in [0.05, 0.1) is 17.2 Å². The van der Waals surface area contributed by atoms with Crippen LogP contribution in [0.15, 0.2) is 24.3 Å². The lowest BCUT2D eigenvalue weighted by Gasteiger charge is -2.46. The van der Waals surface area contributed by atoms with Crippen molar-refractivity contribution in [1.82, 2.24) is 20.0 Å². The second kappa shape index (κ2) is 11.8. The van der Waals surface area contributed by atoms with Crippen LogP contribution in [0.2, 0.25) is 0 Å². The number of nitrogens with one attached hydrogen (secondary N) is 1. The van der Waals surface area contributed by atoms with Crippen LogP contribution < -0.4 is 10.8 Å². The maximum Gasteiger partial charge on any atom is 0.494 e. The molecule has 2 amide bonds. The number of carbonyl (C=O) groups is 2. The fourth-order valence-corrected chi connectivity index (χ4v) is 4.83. The summed E-state index contributed by atoms with van der Waals surface area (Å²) in [7, 11) is -0.349. The van der Waals surface area contributed by atoms with Crippen molar-refractivity contribution in [2.24, 2.45) is 5.41 Å². The van der Waals surface area contributed by atoms with Crippen LogP contribution in [-0.4, -0.2) is 107 Å². The molecule has 3 heterocycles. The molecule has 0 aromatic heterocycles. The van der Waals surface area contributed by atoms with Crippen molar-refractivity contribution in [2.75, 3.05) is 45.8 Å². The minimum atomic E-state index is -0.823. The Morgan fingerprint density at radius 2 is 1.50 bits per heavy atom. The lowest BCUT2D eigenvalue weighted by atomic mass is 9.79. The van der Waals surface area contributed by atoms with Crippen molar-refractivity contribution in [2.45, 2.75) is 72.3 Å². The van der Waals surface area contributed by atoms with Crippen molar-refractivity contribution >= 4 is 24.8 Å². The third-order valence-corrected chi connectivity index (χ3v) is 8.01. The molecule has 0 bridgehead atoms. The highest BCUT2D eigenvalue weighted by Crippen LogP contribution is 2.36. The van der Waals surface area contributed by atoms with Gasteiger partial charge in [0.2, 0.25) is 0 Å². The summed E-state index contributed by atoms with van der Waals surface area (Å²) in [5.74, 6) is 0. The first-order chi connectivity index (χ1) is 17.6. The Balaban J connectivity index is 0.000000375. The Morgan fingerprint density at radius 1 is 0.947 bits per heavy atom. The van der Waals surface area contributed by atoms with Crippen molar-refractivity contribution in [3.8, 4) is 0 Å². The molecule has 3 fully saturated rings. The summed E-state index contributed by atoms with van der Waals surface area (Å²) in [5.41, 5.74) is 1.44. The van der Waals surface area contributed by atoms with E-state index in [0.717, 1.165) is 38.2 Å². The minimum Gasteiger partial charge on any atom is -0.465 e. The van der Waals surface area contributed by atoms with E-state index in [1.165, 1.54) is 10.5 Å². The van der Waals surface area contributed by atoms with Gasteiger partial charge in [-0.1, -0.05) is 45.0 Å². The summed E-state index contributed by atoms with van der Waals surface area (Å²) in [6.45, 7) is 20.2. The molecular weight excluding hydrogens is 487 g/mol. The first-order valence-electron chi connectivity index (χ1n) is 13.5. The van der Waals surface area contributed by atoms with E-state index < -0.39 is 12.2 Å². The zero-order valence-electron chi connectivity index (χ0n) is 24.0. The van der Waals surface area contributed by atoms with Gasteiger partial charge in [0.25, 0.3) is 0 Å². The fraction of sp³-hybridized carbons (Fsp3) is 0.704. The quantitative estimate of drug-likeness (QED) is 0.510. The van der Waals surface area contributed by atoms with Gasteiger partial charge < -0.3 is 34.6 Å². The first-order valence-corrected chi connectivity index (χ1v) is 13.5. The molecule has 1 aromatic carbocycles. The summed E-state index contributed by atoms with van der Waals surface area (Å²) in [6, 6.07) is 8.38. The van der Waals surface area contributed by atoms with Gasteiger partial charge in [-0.3, -0.25) is 4.90 Å². The topological polar surface area (TPSA) is 115 Å². The highest BCUT2D eigenvalue weighted by Gasteiger charge is 2.51. The van der Waals surface area contributed by atoms with Crippen LogP contribution in [-0.2, 0) is 15.9 Å².